The third kappa shape index (κ3) is 17.0. The minimum Gasteiger partial charge on any atom is -0.299 e. The molecule has 27 heavy (non-hydrogen) atoms. The second kappa shape index (κ2) is 18.5. The molecular formula is C21H37F2O3P. The summed E-state index contributed by atoms with van der Waals surface area (Å²) in [5.74, 6) is -2.27. The van der Waals surface area contributed by atoms with Crippen molar-refractivity contribution in [1.29, 1.82) is 0 Å². The van der Waals surface area contributed by atoms with Gasteiger partial charge in [-0.05, 0) is 32.1 Å². The summed E-state index contributed by atoms with van der Waals surface area (Å²) in [7, 11) is -2.95. The average Bonchev–Trinajstić information content (AvgIpc) is 2.62. The van der Waals surface area contributed by atoms with Crippen molar-refractivity contribution in [3.8, 4) is 0 Å². The molecular weight excluding hydrogens is 369 g/mol. The molecule has 0 aliphatic carbocycles. The van der Waals surface area contributed by atoms with Gasteiger partial charge in [-0.25, -0.2) is 17.9 Å². The zero-order valence-electron chi connectivity index (χ0n) is 16.8. The normalized spacial score (nSPS) is 12.7. The quantitative estimate of drug-likeness (QED) is 0.126. The van der Waals surface area contributed by atoms with E-state index in [9.17, 15) is 22.7 Å². The Balaban J connectivity index is 3.53. The van der Waals surface area contributed by atoms with Gasteiger partial charge in [0.25, 0.3) is 0 Å². The molecule has 0 radical (unpaired) electrons. The van der Waals surface area contributed by atoms with E-state index in [0.29, 0.717) is 6.42 Å². The average molecular weight is 406 g/mol. The molecule has 0 bridgehead atoms. The number of carbonyl (C=O) groups excluding carboxylic acids is 1. The van der Waals surface area contributed by atoms with E-state index in [-0.39, 0.29) is 6.42 Å². The third-order valence-corrected chi connectivity index (χ3v) is 5.44. The van der Waals surface area contributed by atoms with Gasteiger partial charge in [0.1, 0.15) is 5.78 Å². The lowest BCUT2D eigenvalue weighted by atomic mass is 10.0. The Morgan fingerprint density at radius 3 is 1.78 bits per heavy atom. The number of allylic oxidation sites excluding steroid dienone is 2. The first kappa shape index (κ1) is 26.2. The van der Waals surface area contributed by atoms with Gasteiger partial charge in [-0.2, -0.15) is 0 Å². The molecule has 0 N–H and O–H groups in total. The van der Waals surface area contributed by atoms with E-state index in [1.807, 2.05) is 0 Å². The van der Waals surface area contributed by atoms with Crippen molar-refractivity contribution in [3.05, 3.63) is 12.2 Å². The molecule has 158 valence electrons. The van der Waals surface area contributed by atoms with Crippen molar-refractivity contribution in [2.24, 2.45) is 5.92 Å². The Hall–Kier alpha value is -0.830. The van der Waals surface area contributed by atoms with Crippen molar-refractivity contribution in [1.82, 2.24) is 0 Å². The van der Waals surface area contributed by atoms with Crippen LogP contribution in [0.2, 0.25) is 0 Å². The molecule has 6 heteroatoms. The Bertz CT molecular complexity index is 454. The van der Waals surface area contributed by atoms with Gasteiger partial charge >= 0.3 is 7.68 Å². The summed E-state index contributed by atoms with van der Waals surface area (Å²) in [4.78, 5) is 11.7. The summed E-state index contributed by atoms with van der Waals surface area (Å²) in [5, 5.41) is 0. The van der Waals surface area contributed by atoms with Crippen LogP contribution in [0.5, 0.6) is 0 Å². The van der Waals surface area contributed by atoms with Crippen LogP contribution in [0.4, 0.5) is 8.78 Å². The van der Waals surface area contributed by atoms with Crippen LogP contribution < -0.4 is 0 Å². The Morgan fingerprint density at radius 1 is 0.815 bits per heavy atom. The van der Waals surface area contributed by atoms with Crippen molar-refractivity contribution in [2.45, 2.75) is 103 Å². The number of halogens is 2. The highest BCUT2D eigenvalue weighted by Gasteiger charge is 2.29. The molecule has 0 aliphatic rings. The third-order valence-electron chi connectivity index (χ3n) is 4.75. The van der Waals surface area contributed by atoms with Crippen molar-refractivity contribution < 1.29 is 22.7 Å². The topological polar surface area (TPSA) is 51.2 Å². The molecule has 0 spiro atoms. The van der Waals surface area contributed by atoms with Crippen molar-refractivity contribution in [3.63, 3.8) is 0 Å². The molecule has 0 aromatic heterocycles. The van der Waals surface area contributed by atoms with Gasteiger partial charge in [0.15, 0.2) is 0 Å². The molecule has 0 rings (SSSR count). The van der Waals surface area contributed by atoms with Crippen LogP contribution in [0.1, 0.15) is 96.8 Å². The fourth-order valence-corrected chi connectivity index (χ4v) is 3.72. The van der Waals surface area contributed by atoms with Gasteiger partial charge in [-0.15, -0.1) is 0 Å². The van der Waals surface area contributed by atoms with Crippen LogP contribution in [-0.4, -0.2) is 18.4 Å². The molecule has 0 aromatic rings. The zero-order chi connectivity index (χ0) is 20.3. The second-order valence-corrected chi connectivity index (χ2v) is 8.29. The Morgan fingerprint density at radius 2 is 1.30 bits per heavy atom. The number of hydrogen-bond donors (Lipinski definition) is 0. The highest BCUT2D eigenvalue weighted by atomic mass is 31.1. The minimum absolute atomic E-state index is 0.0519. The smallest absolute Gasteiger partial charge is 0.299 e. The van der Waals surface area contributed by atoms with Gasteiger partial charge in [-0.1, -0.05) is 70.4 Å². The number of alkyl halides is 2. The van der Waals surface area contributed by atoms with Crippen LogP contribution in [-0.2, 0) is 13.9 Å². The summed E-state index contributed by atoms with van der Waals surface area (Å²) in [6.45, 7) is 2.23. The van der Waals surface area contributed by atoms with Crippen LogP contribution >= 0.6 is 7.68 Å². The van der Waals surface area contributed by atoms with E-state index < -0.39 is 32.0 Å². The van der Waals surface area contributed by atoms with E-state index in [1.165, 1.54) is 38.5 Å². The maximum Gasteiger partial charge on any atom is 0.316 e. The molecule has 0 heterocycles. The molecule has 0 saturated carbocycles. The summed E-state index contributed by atoms with van der Waals surface area (Å²) in [6.07, 6.45) is 15.6. The van der Waals surface area contributed by atoms with E-state index in [0.717, 1.165) is 38.5 Å². The van der Waals surface area contributed by atoms with Gasteiger partial charge in [-0.3, -0.25) is 4.79 Å². The largest absolute Gasteiger partial charge is 0.316 e. The number of hydrogen-bond acceptors (Lipinski definition) is 3. The number of unbranched alkanes of at least 4 members (excludes halogenated alkanes) is 11. The first-order valence-corrected chi connectivity index (χ1v) is 11.9. The van der Waals surface area contributed by atoms with Crippen LogP contribution in [0.15, 0.2) is 12.2 Å². The lowest BCUT2D eigenvalue weighted by Crippen LogP contribution is -2.24. The maximum absolute atomic E-state index is 12.7. The molecule has 0 aromatic carbocycles. The van der Waals surface area contributed by atoms with E-state index >= 15 is 0 Å². The summed E-state index contributed by atoms with van der Waals surface area (Å²) >= 11 is 0. The first-order chi connectivity index (χ1) is 13.0. The number of carbonyl (C=O) groups is 1. The molecule has 0 aliphatic heterocycles. The standard InChI is InChI=1S/C21H37F2O3P/c1-2-3-4-5-6-7-8-9-10-11-12-13-14-15-16-17-20(24)19(21(22)23)18-27(25)26/h9-10,19,21H,2-8,11-18H2,1H3/t19-/m1/s1. The number of ketones is 1. The summed E-state index contributed by atoms with van der Waals surface area (Å²) < 4.78 is 46.6. The van der Waals surface area contributed by atoms with Crippen LogP contribution in [0.3, 0.4) is 0 Å². The predicted molar refractivity (Wildman–Crippen MR) is 107 cm³/mol. The van der Waals surface area contributed by atoms with E-state index in [1.54, 1.807) is 0 Å². The minimum atomic E-state index is -2.95. The van der Waals surface area contributed by atoms with Crippen molar-refractivity contribution >= 4 is 13.5 Å². The summed E-state index contributed by atoms with van der Waals surface area (Å²) in [6, 6.07) is 0. The van der Waals surface area contributed by atoms with E-state index in [4.69, 9.17) is 0 Å². The van der Waals surface area contributed by atoms with Gasteiger partial charge in [0, 0.05) is 6.42 Å². The number of rotatable bonds is 19. The van der Waals surface area contributed by atoms with Crippen molar-refractivity contribution in [2.75, 3.05) is 6.16 Å². The fourth-order valence-electron chi connectivity index (χ4n) is 3.04. The van der Waals surface area contributed by atoms with Crippen LogP contribution in [0.25, 0.3) is 0 Å². The lowest BCUT2D eigenvalue weighted by Gasteiger charge is -2.10. The second-order valence-electron chi connectivity index (χ2n) is 7.26. The van der Waals surface area contributed by atoms with Gasteiger partial charge in [0.05, 0.1) is 12.1 Å². The predicted octanol–water partition coefficient (Wildman–Crippen LogP) is 7.65. The Kier molecular flexibility index (Phi) is 18.0. The fraction of sp³-hybridized carbons (Fsp3) is 0.857. The monoisotopic (exact) mass is 406 g/mol. The SMILES string of the molecule is CCCCCCCCC=CCCCCCCCC(=O)[C@@H](CP(=O)=O)C(F)F. The van der Waals surface area contributed by atoms with Gasteiger partial charge in [0.2, 0.25) is 6.43 Å². The molecule has 0 fully saturated rings. The summed E-state index contributed by atoms with van der Waals surface area (Å²) in [5.41, 5.74) is 0. The molecule has 3 nitrogen and oxygen atoms in total. The molecule has 0 unspecified atom stereocenters. The van der Waals surface area contributed by atoms with Crippen LogP contribution in [0, 0.1) is 5.92 Å². The lowest BCUT2D eigenvalue weighted by molar-refractivity contribution is -0.126. The molecule has 0 saturated heterocycles. The Labute approximate surface area is 164 Å². The maximum atomic E-state index is 12.7. The zero-order valence-corrected chi connectivity index (χ0v) is 17.7. The van der Waals surface area contributed by atoms with Gasteiger partial charge < -0.3 is 0 Å². The first-order valence-electron chi connectivity index (χ1n) is 10.6. The molecule has 1 atom stereocenters. The van der Waals surface area contributed by atoms with E-state index in [2.05, 4.69) is 19.1 Å². The highest BCUT2D eigenvalue weighted by molar-refractivity contribution is 7.30. The number of Topliss-reactive ketones (excluding diaryl/α,β-unsaturated/α-hetero) is 1. The molecule has 0 amide bonds. The highest BCUT2D eigenvalue weighted by Crippen LogP contribution is 2.22.